The fourth-order valence-electron chi connectivity index (χ4n) is 3.78. The van der Waals surface area contributed by atoms with E-state index in [2.05, 4.69) is 39.4 Å². The third-order valence-electron chi connectivity index (χ3n) is 5.27. The molecule has 4 nitrogen and oxygen atoms in total. The van der Waals surface area contributed by atoms with E-state index in [0.29, 0.717) is 0 Å². The maximum atomic E-state index is 5.87. The summed E-state index contributed by atoms with van der Waals surface area (Å²) in [5.41, 5.74) is 1.36. The third-order valence-corrected chi connectivity index (χ3v) is 5.27. The Bertz CT molecular complexity index is 645. The van der Waals surface area contributed by atoms with Crippen molar-refractivity contribution >= 4 is 0 Å². The molecule has 132 valence electrons. The highest BCUT2D eigenvalue weighted by Gasteiger charge is 2.25. The van der Waals surface area contributed by atoms with E-state index in [1.54, 1.807) is 0 Å². The van der Waals surface area contributed by atoms with Gasteiger partial charge in [-0.15, -0.1) is 0 Å². The zero-order valence-corrected chi connectivity index (χ0v) is 14.7. The first-order valence-electron chi connectivity index (χ1n) is 9.36. The van der Waals surface area contributed by atoms with Crippen LogP contribution in [0.2, 0.25) is 0 Å². The van der Waals surface area contributed by atoms with Crippen LogP contribution in [-0.4, -0.2) is 55.1 Å². The van der Waals surface area contributed by atoms with Crippen molar-refractivity contribution in [2.75, 3.05) is 39.3 Å². The molecule has 2 heterocycles. The van der Waals surface area contributed by atoms with E-state index in [9.17, 15) is 0 Å². The molecule has 2 aromatic rings. The summed E-state index contributed by atoms with van der Waals surface area (Å²) in [7, 11) is 0. The van der Waals surface area contributed by atoms with E-state index in [1.807, 2.05) is 30.3 Å². The standard InChI is InChI=1S/C21H27N3O/c1-2-4-20(5-3-1)25-21-8-6-18(7-9-21)17-23-12-14-24(15-13-23)19-10-11-22-16-19/h1-9,19,22H,10-17H2. The Morgan fingerprint density at radius 2 is 1.60 bits per heavy atom. The van der Waals surface area contributed by atoms with Crippen molar-refractivity contribution in [2.45, 2.75) is 19.0 Å². The van der Waals surface area contributed by atoms with Crippen LogP contribution >= 0.6 is 0 Å². The highest BCUT2D eigenvalue weighted by Crippen LogP contribution is 2.22. The van der Waals surface area contributed by atoms with Crippen LogP contribution in [0.1, 0.15) is 12.0 Å². The predicted octanol–water partition coefficient (Wildman–Crippen LogP) is 2.96. The van der Waals surface area contributed by atoms with Crippen molar-refractivity contribution in [1.29, 1.82) is 0 Å². The zero-order valence-electron chi connectivity index (χ0n) is 14.7. The lowest BCUT2D eigenvalue weighted by Crippen LogP contribution is -2.50. The minimum atomic E-state index is 0.761. The first kappa shape index (κ1) is 16.6. The molecule has 0 aliphatic carbocycles. The molecular formula is C21H27N3O. The topological polar surface area (TPSA) is 27.7 Å². The van der Waals surface area contributed by atoms with Crippen LogP contribution in [-0.2, 0) is 6.54 Å². The average Bonchev–Trinajstić information content (AvgIpc) is 3.20. The smallest absolute Gasteiger partial charge is 0.127 e. The fraction of sp³-hybridized carbons (Fsp3) is 0.429. The summed E-state index contributed by atoms with van der Waals surface area (Å²) in [6, 6.07) is 19.2. The van der Waals surface area contributed by atoms with Gasteiger partial charge in [-0.25, -0.2) is 0 Å². The molecule has 0 bridgehead atoms. The molecule has 0 radical (unpaired) electrons. The molecule has 4 rings (SSSR count). The van der Waals surface area contributed by atoms with Gasteiger partial charge in [-0.2, -0.15) is 0 Å². The Labute approximate surface area is 150 Å². The van der Waals surface area contributed by atoms with Gasteiger partial charge in [0.1, 0.15) is 11.5 Å². The molecular weight excluding hydrogens is 310 g/mol. The minimum Gasteiger partial charge on any atom is -0.457 e. The lowest BCUT2D eigenvalue weighted by atomic mass is 10.1. The molecule has 2 aromatic carbocycles. The van der Waals surface area contributed by atoms with Crippen LogP contribution < -0.4 is 10.1 Å². The molecule has 4 heteroatoms. The van der Waals surface area contributed by atoms with Crippen LogP contribution in [0, 0.1) is 0 Å². The average molecular weight is 337 g/mol. The summed E-state index contributed by atoms with van der Waals surface area (Å²) < 4.78 is 5.87. The highest BCUT2D eigenvalue weighted by molar-refractivity contribution is 5.32. The van der Waals surface area contributed by atoms with Crippen molar-refractivity contribution in [3.63, 3.8) is 0 Å². The number of para-hydroxylation sites is 1. The van der Waals surface area contributed by atoms with E-state index < -0.39 is 0 Å². The molecule has 2 aliphatic heterocycles. The molecule has 2 aliphatic rings. The SMILES string of the molecule is c1ccc(Oc2ccc(CN3CCN(C4CCNC4)CC3)cc2)cc1. The van der Waals surface area contributed by atoms with Crippen LogP contribution in [0.15, 0.2) is 54.6 Å². The van der Waals surface area contributed by atoms with Gasteiger partial charge in [0.15, 0.2) is 0 Å². The van der Waals surface area contributed by atoms with Crippen molar-refractivity contribution in [1.82, 2.24) is 15.1 Å². The maximum absolute atomic E-state index is 5.87. The number of nitrogens with zero attached hydrogens (tertiary/aromatic N) is 2. The van der Waals surface area contributed by atoms with Gasteiger partial charge in [-0.1, -0.05) is 30.3 Å². The Morgan fingerprint density at radius 1 is 0.880 bits per heavy atom. The summed E-state index contributed by atoms with van der Waals surface area (Å²) in [5.74, 6) is 1.78. The molecule has 2 saturated heterocycles. The second-order valence-corrected chi connectivity index (χ2v) is 7.02. The number of piperazine rings is 1. The van der Waals surface area contributed by atoms with Gasteiger partial charge in [0.25, 0.3) is 0 Å². The number of benzene rings is 2. The number of hydrogen-bond acceptors (Lipinski definition) is 4. The molecule has 2 fully saturated rings. The summed E-state index contributed by atoms with van der Waals surface area (Å²) in [6.07, 6.45) is 1.31. The van der Waals surface area contributed by atoms with Gasteiger partial charge in [-0.3, -0.25) is 9.80 Å². The van der Waals surface area contributed by atoms with Crippen LogP contribution in [0.3, 0.4) is 0 Å². The summed E-state index contributed by atoms with van der Waals surface area (Å²) in [5, 5.41) is 3.48. The summed E-state index contributed by atoms with van der Waals surface area (Å²) in [4.78, 5) is 5.22. The molecule has 0 spiro atoms. The third kappa shape index (κ3) is 4.40. The van der Waals surface area contributed by atoms with Crippen molar-refractivity contribution < 1.29 is 4.74 Å². The Morgan fingerprint density at radius 3 is 2.28 bits per heavy atom. The molecule has 0 saturated carbocycles. The molecule has 25 heavy (non-hydrogen) atoms. The van der Waals surface area contributed by atoms with E-state index in [0.717, 1.165) is 24.1 Å². The van der Waals surface area contributed by atoms with E-state index in [-0.39, 0.29) is 0 Å². The van der Waals surface area contributed by atoms with Gasteiger partial charge in [0.2, 0.25) is 0 Å². The molecule has 0 amide bonds. The highest BCUT2D eigenvalue weighted by atomic mass is 16.5. The van der Waals surface area contributed by atoms with Gasteiger partial charge in [0.05, 0.1) is 0 Å². The first-order valence-corrected chi connectivity index (χ1v) is 9.36. The van der Waals surface area contributed by atoms with E-state index in [4.69, 9.17) is 4.74 Å². The predicted molar refractivity (Wildman–Crippen MR) is 101 cm³/mol. The number of rotatable bonds is 5. The van der Waals surface area contributed by atoms with Crippen molar-refractivity contribution in [3.05, 3.63) is 60.2 Å². The van der Waals surface area contributed by atoms with Gasteiger partial charge in [-0.05, 0) is 42.8 Å². The second-order valence-electron chi connectivity index (χ2n) is 7.02. The van der Waals surface area contributed by atoms with Crippen LogP contribution in [0.25, 0.3) is 0 Å². The number of nitrogens with one attached hydrogen (secondary N) is 1. The van der Waals surface area contributed by atoms with Crippen LogP contribution in [0.5, 0.6) is 11.5 Å². The Kier molecular flexibility index (Phi) is 5.31. The lowest BCUT2D eigenvalue weighted by molar-refractivity contribution is 0.0981. The maximum Gasteiger partial charge on any atom is 0.127 e. The summed E-state index contributed by atoms with van der Waals surface area (Å²) in [6.45, 7) is 8.11. The Hall–Kier alpha value is -1.88. The van der Waals surface area contributed by atoms with Gasteiger partial charge in [0, 0.05) is 45.3 Å². The monoisotopic (exact) mass is 337 g/mol. The largest absolute Gasteiger partial charge is 0.457 e. The summed E-state index contributed by atoms with van der Waals surface area (Å²) >= 11 is 0. The Balaban J connectivity index is 1.27. The fourth-order valence-corrected chi connectivity index (χ4v) is 3.78. The van der Waals surface area contributed by atoms with E-state index in [1.165, 1.54) is 51.3 Å². The molecule has 1 N–H and O–H groups in total. The zero-order chi connectivity index (χ0) is 16.9. The van der Waals surface area contributed by atoms with Gasteiger partial charge >= 0.3 is 0 Å². The number of ether oxygens (including phenoxy) is 1. The molecule has 0 aromatic heterocycles. The minimum absolute atomic E-state index is 0.761. The van der Waals surface area contributed by atoms with Crippen molar-refractivity contribution in [2.24, 2.45) is 0 Å². The van der Waals surface area contributed by atoms with Gasteiger partial charge < -0.3 is 10.1 Å². The van der Waals surface area contributed by atoms with E-state index >= 15 is 0 Å². The lowest BCUT2D eigenvalue weighted by Gasteiger charge is -2.37. The first-order chi connectivity index (χ1) is 12.4. The second kappa shape index (κ2) is 8.00. The quantitative estimate of drug-likeness (QED) is 0.908. The normalized spacial score (nSPS) is 22.2. The number of hydrogen-bond donors (Lipinski definition) is 1. The van der Waals surface area contributed by atoms with Crippen molar-refractivity contribution in [3.8, 4) is 11.5 Å². The molecule has 1 atom stereocenters. The van der Waals surface area contributed by atoms with Crippen LogP contribution in [0.4, 0.5) is 0 Å². The molecule has 1 unspecified atom stereocenters.